The molecule has 59 heavy (non-hydrogen) atoms. The number of fused-ring (bicyclic) bond motifs is 16. The molecule has 0 atom stereocenters. The van der Waals surface area contributed by atoms with E-state index in [1.54, 1.807) is 42.5 Å². The average molecular weight is 787 g/mol. The second-order valence-electron chi connectivity index (χ2n) is 18.1. The lowest BCUT2D eigenvalue weighted by Crippen LogP contribution is -2.17. The van der Waals surface area contributed by atoms with Gasteiger partial charge in [-0.25, -0.2) is 19.9 Å². The van der Waals surface area contributed by atoms with E-state index in [-0.39, 0.29) is 39.7 Å². The number of benzene rings is 3. The fourth-order valence-electron chi connectivity index (χ4n) is 7.28. The Labute approximate surface area is 342 Å². The number of aromatic hydroxyl groups is 2. The number of phenols is 2. The van der Waals surface area contributed by atoms with Crippen LogP contribution in [0.3, 0.4) is 0 Å². The van der Waals surface area contributed by atoms with E-state index in [2.05, 4.69) is 31.4 Å². The molecule has 0 fully saturated rings. The number of amides is 2. The summed E-state index contributed by atoms with van der Waals surface area (Å²) in [6.07, 6.45) is 0. The smallest absolute Gasteiger partial charge is 0.274 e. The van der Waals surface area contributed by atoms with Crippen molar-refractivity contribution in [3.05, 3.63) is 119 Å². The number of hydrogen-bond donors (Lipinski definition) is 4. The maximum atomic E-state index is 14.0. The Balaban J connectivity index is 1.38. The third kappa shape index (κ3) is 7.40. The molecule has 0 radical (unpaired) electrons. The van der Waals surface area contributed by atoms with Crippen molar-refractivity contribution < 1.29 is 24.2 Å². The summed E-state index contributed by atoms with van der Waals surface area (Å²) in [5, 5.41) is 29.0. The SMILES string of the molecule is CC(C)(C)c1cc2cc(c1O)NC(=O)c1cccc(n1)-c1cc(C(C)(C)C)c3oc(nc3c1)-c1cccc(n1)-c1cc(c(O)c(C(C)(C)C)c1)NC(=O)c1cccc-2n1. The molecule has 7 aromatic rings. The molecule has 1 aliphatic rings. The second kappa shape index (κ2) is 13.9. The number of pyridine rings is 3. The van der Waals surface area contributed by atoms with Crippen LogP contribution in [0.4, 0.5) is 11.4 Å². The van der Waals surface area contributed by atoms with Gasteiger partial charge in [0.2, 0.25) is 5.89 Å². The van der Waals surface area contributed by atoms with Crippen molar-refractivity contribution in [2.75, 3.05) is 10.6 Å². The lowest BCUT2D eigenvalue weighted by Gasteiger charge is -2.24. The van der Waals surface area contributed by atoms with Crippen LogP contribution in [0.15, 0.2) is 95.4 Å². The van der Waals surface area contributed by atoms with Crippen LogP contribution < -0.4 is 10.6 Å². The van der Waals surface area contributed by atoms with Crippen LogP contribution in [0.25, 0.3) is 56.5 Å². The van der Waals surface area contributed by atoms with Gasteiger partial charge in [-0.1, -0.05) is 80.5 Å². The van der Waals surface area contributed by atoms with Gasteiger partial charge in [-0.3, -0.25) is 9.59 Å². The summed E-state index contributed by atoms with van der Waals surface area (Å²) >= 11 is 0. The molecule has 298 valence electrons. The molecule has 0 unspecified atom stereocenters. The lowest BCUT2D eigenvalue weighted by atomic mass is 9.84. The number of phenolic OH excluding ortho intramolecular Hbond substituents is 2. The van der Waals surface area contributed by atoms with Crippen LogP contribution in [0, 0.1) is 0 Å². The normalized spacial score (nSPS) is 13.3. The van der Waals surface area contributed by atoms with Gasteiger partial charge in [0, 0.05) is 33.4 Å². The number of aromatic nitrogens is 4. The number of anilines is 2. The van der Waals surface area contributed by atoms with Gasteiger partial charge in [0.25, 0.3) is 11.8 Å². The minimum absolute atomic E-state index is 0.0686. The molecule has 11 nitrogen and oxygen atoms in total. The first-order valence-corrected chi connectivity index (χ1v) is 19.5. The van der Waals surface area contributed by atoms with E-state index in [4.69, 9.17) is 24.4 Å². The molecule has 13 bridgehead atoms. The fourth-order valence-corrected chi connectivity index (χ4v) is 7.28. The summed E-state index contributed by atoms with van der Waals surface area (Å²) in [6.45, 7) is 18.1. The summed E-state index contributed by atoms with van der Waals surface area (Å²) in [6, 6.07) is 26.7. The Morgan fingerprint density at radius 1 is 0.475 bits per heavy atom. The van der Waals surface area contributed by atoms with E-state index in [0.717, 1.165) is 11.1 Å². The molecular formula is C48H46N6O5. The van der Waals surface area contributed by atoms with Gasteiger partial charge in [0.05, 0.1) is 28.5 Å². The van der Waals surface area contributed by atoms with Crippen LogP contribution >= 0.6 is 0 Å². The van der Waals surface area contributed by atoms with Crippen molar-refractivity contribution in [2.45, 2.75) is 78.6 Å². The molecule has 0 saturated heterocycles. The highest BCUT2D eigenvalue weighted by molar-refractivity contribution is 6.06. The quantitative estimate of drug-likeness (QED) is 0.110. The first kappa shape index (κ1) is 39.0. The molecule has 0 saturated carbocycles. The van der Waals surface area contributed by atoms with Crippen molar-refractivity contribution in [3.8, 4) is 56.9 Å². The Hall–Kier alpha value is -6.88. The summed E-state index contributed by atoms with van der Waals surface area (Å²) in [7, 11) is 0. The van der Waals surface area contributed by atoms with Gasteiger partial charge in [0.1, 0.15) is 34.1 Å². The Morgan fingerprint density at radius 3 is 1.29 bits per heavy atom. The molecule has 5 heterocycles. The molecular weight excluding hydrogens is 741 g/mol. The first-order chi connectivity index (χ1) is 27.7. The Bertz CT molecular complexity index is 2860. The molecule has 1 aliphatic heterocycles. The van der Waals surface area contributed by atoms with Crippen molar-refractivity contribution >= 4 is 34.3 Å². The standard InChI is InChI=1S/C48H46N6O5/c1-46(2,3)28-19-25-22-37(40(28)55)52-44(58)35-17-11-14-32(50-35)27-21-30(48(7,8)9)42-39(24-27)54-45(59-42)36-18-12-15-33(51-36)26-20-29(47(4,5)6)41(56)38(23-26)53-43(57)34-16-10-13-31(25)49-34/h10-24,55-56H,1-9H3,(H,52,58)(H,53,57). The van der Waals surface area contributed by atoms with Gasteiger partial charge in [0.15, 0.2) is 5.58 Å². The first-order valence-electron chi connectivity index (χ1n) is 19.5. The van der Waals surface area contributed by atoms with Gasteiger partial charge in [-0.2, -0.15) is 0 Å². The molecule has 11 heteroatoms. The molecule has 3 aromatic carbocycles. The van der Waals surface area contributed by atoms with Gasteiger partial charge in [-0.15, -0.1) is 0 Å². The number of nitrogens with zero attached hydrogens (tertiary/aromatic N) is 4. The summed E-state index contributed by atoms with van der Waals surface area (Å²) < 4.78 is 6.51. The topological polar surface area (TPSA) is 163 Å². The lowest BCUT2D eigenvalue weighted by molar-refractivity contribution is 0.101. The maximum Gasteiger partial charge on any atom is 0.274 e. The van der Waals surface area contributed by atoms with E-state index in [1.165, 1.54) is 0 Å². The number of carbonyl (C=O) groups excluding carboxylic acids is 2. The third-order valence-electron chi connectivity index (χ3n) is 10.4. The van der Waals surface area contributed by atoms with Gasteiger partial charge >= 0.3 is 0 Å². The monoisotopic (exact) mass is 786 g/mol. The highest BCUT2D eigenvalue weighted by Gasteiger charge is 2.28. The zero-order valence-electron chi connectivity index (χ0n) is 34.6. The summed E-state index contributed by atoms with van der Waals surface area (Å²) in [5.41, 5.74) is 6.45. The van der Waals surface area contributed by atoms with Crippen molar-refractivity contribution in [1.29, 1.82) is 0 Å². The van der Waals surface area contributed by atoms with E-state index in [0.29, 0.717) is 62.0 Å². The average Bonchev–Trinajstić information content (AvgIpc) is 3.62. The van der Waals surface area contributed by atoms with Crippen LogP contribution in [0.1, 0.15) is 100.0 Å². The largest absolute Gasteiger partial charge is 0.505 e. The van der Waals surface area contributed by atoms with E-state index in [1.807, 2.05) is 90.1 Å². The number of nitrogens with one attached hydrogen (secondary N) is 2. The molecule has 2 amide bonds. The summed E-state index contributed by atoms with van der Waals surface area (Å²) in [5.74, 6) is -0.928. The zero-order valence-corrected chi connectivity index (χ0v) is 34.6. The van der Waals surface area contributed by atoms with E-state index in [9.17, 15) is 19.8 Å². The van der Waals surface area contributed by atoms with Gasteiger partial charge < -0.3 is 25.3 Å². The van der Waals surface area contributed by atoms with Crippen LogP contribution in [0.5, 0.6) is 11.5 Å². The van der Waals surface area contributed by atoms with E-state index >= 15 is 0 Å². The fraction of sp³-hybridized carbons (Fsp3) is 0.250. The van der Waals surface area contributed by atoms with Crippen molar-refractivity contribution in [3.63, 3.8) is 0 Å². The third-order valence-corrected chi connectivity index (χ3v) is 10.4. The maximum absolute atomic E-state index is 14.0. The minimum Gasteiger partial charge on any atom is -0.505 e. The number of carbonyl (C=O) groups is 2. The van der Waals surface area contributed by atoms with Crippen molar-refractivity contribution in [1.82, 2.24) is 19.9 Å². The van der Waals surface area contributed by atoms with Gasteiger partial charge in [-0.05, 0) is 89.0 Å². The molecule has 0 spiro atoms. The molecule has 0 aliphatic carbocycles. The van der Waals surface area contributed by atoms with E-state index < -0.39 is 22.6 Å². The Kier molecular flexibility index (Phi) is 9.18. The zero-order chi connectivity index (χ0) is 42.2. The van der Waals surface area contributed by atoms with Crippen LogP contribution in [-0.4, -0.2) is 42.0 Å². The highest BCUT2D eigenvalue weighted by atomic mass is 16.3. The predicted octanol–water partition coefficient (Wildman–Crippen LogP) is 10.8. The number of oxazole rings is 1. The van der Waals surface area contributed by atoms with Crippen LogP contribution in [-0.2, 0) is 16.2 Å². The highest BCUT2D eigenvalue weighted by Crippen LogP contribution is 2.43. The van der Waals surface area contributed by atoms with Crippen LogP contribution in [0.2, 0.25) is 0 Å². The molecule has 8 rings (SSSR count). The number of hydrogen-bond acceptors (Lipinski definition) is 9. The molecule has 4 aromatic heterocycles. The minimum atomic E-state index is -0.551. The predicted molar refractivity (Wildman–Crippen MR) is 231 cm³/mol. The Morgan fingerprint density at radius 2 is 0.847 bits per heavy atom. The molecule has 4 N–H and O–H groups in total. The number of rotatable bonds is 0. The summed E-state index contributed by atoms with van der Waals surface area (Å²) in [4.78, 5) is 47.4. The second-order valence-corrected chi connectivity index (χ2v) is 18.1. The van der Waals surface area contributed by atoms with Crippen molar-refractivity contribution in [2.24, 2.45) is 0 Å².